The second-order valence-electron chi connectivity index (χ2n) is 8.10. The van der Waals surface area contributed by atoms with Crippen molar-refractivity contribution in [3.63, 3.8) is 0 Å². The maximum absolute atomic E-state index is 13.3. The largest absolute Gasteiger partial charge is 0.359 e. The molecular weight excluding hydrogens is 364 g/mol. The summed E-state index contributed by atoms with van der Waals surface area (Å²) in [5.74, 6) is 0.439. The monoisotopic (exact) mass is 396 g/mol. The molecule has 0 saturated carbocycles. The zero-order valence-corrected chi connectivity index (χ0v) is 17.4. The van der Waals surface area contributed by atoms with E-state index in [-0.39, 0.29) is 17.9 Å². The van der Waals surface area contributed by atoms with E-state index in [1.54, 1.807) is 0 Å². The molecule has 1 heterocycles. The molecule has 0 spiro atoms. The normalized spacial score (nSPS) is 17.6. The molecule has 1 aliphatic heterocycles. The van der Waals surface area contributed by atoms with Crippen molar-refractivity contribution in [3.8, 4) is 0 Å². The third-order valence-electron chi connectivity index (χ3n) is 5.20. The molecule has 0 radical (unpaired) electrons. The number of carbonyl (C=O) groups excluding carboxylic acids is 1. The lowest BCUT2D eigenvalue weighted by Gasteiger charge is -2.28. The zero-order valence-electron chi connectivity index (χ0n) is 17.4. The minimum absolute atomic E-state index is 0.0878. The Morgan fingerprint density at radius 1 is 1.10 bits per heavy atom. The van der Waals surface area contributed by atoms with Crippen LogP contribution >= 0.6 is 0 Å². The topological polar surface area (TPSA) is 50.8 Å². The fourth-order valence-electron chi connectivity index (χ4n) is 3.72. The molecule has 1 fully saturated rings. The van der Waals surface area contributed by atoms with Crippen LogP contribution in [0.1, 0.15) is 31.4 Å². The Morgan fingerprint density at radius 2 is 1.76 bits per heavy atom. The van der Waals surface area contributed by atoms with Crippen molar-refractivity contribution in [1.29, 1.82) is 0 Å². The molecule has 29 heavy (non-hydrogen) atoms. The molecule has 0 bridgehead atoms. The predicted molar refractivity (Wildman–Crippen MR) is 114 cm³/mol. The standard InChI is InChI=1S/C24H32N2O3/c1-19(2)13-22(15-25-29-16-21-11-7-4-8-12-21)24(27)26-18-28-17-23(26)14-20-9-5-3-6-10-20/h3-12,19,22-23,25H,13-18H2,1-2H3. The Hall–Kier alpha value is -2.21. The highest BCUT2D eigenvalue weighted by Crippen LogP contribution is 2.21. The van der Waals surface area contributed by atoms with Gasteiger partial charge in [0.05, 0.1) is 25.2 Å². The summed E-state index contributed by atoms with van der Waals surface area (Å²) in [5.41, 5.74) is 5.35. The highest BCUT2D eigenvalue weighted by molar-refractivity contribution is 5.79. The van der Waals surface area contributed by atoms with Gasteiger partial charge in [0, 0.05) is 6.54 Å². The van der Waals surface area contributed by atoms with Crippen LogP contribution in [0.3, 0.4) is 0 Å². The van der Waals surface area contributed by atoms with Crippen molar-refractivity contribution in [2.24, 2.45) is 11.8 Å². The summed E-state index contributed by atoms with van der Waals surface area (Å²) in [6, 6.07) is 20.4. The molecule has 2 atom stereocenters. The van der Waals surface area contributed by atoms with Crippen LogP contribution < -0.4 is 5.48 Å². The van der Waals surface area contributed by atoms with Crippen LogP contribution in [-0.2, 0) is 27.4 Å². The lowest BCUT2D eigenvalue weighted by atomic mass is 9.95. The summed E-state index contributed by atoms with van der Waals surface area (Å²) >= 11 is 0. The fraction of sp³-hybridized carbons (Fsp3) is 0.458. The Balaban J connectivity index is 1.55. The van der Waals surface area contributed by atoms with Gasteiger partial charge in [-0.3, -0.25) is 9.63 Å². The molecule has 1 aliphatic rings. The van der Waals surface area contributed by atoms with Gasteiger partial charge in [-0.25, -0.2) is 5.48 Å². The first-order valence-electron chi connectivity index (χ1n) is 10.4. The Kier molecular flexibility index (Phi) is 8.23. The molecule has 1 N–H and O–H groups in total. The molecule has 2 aromatic rings. The lowest BCUT2D eigenvalue weighted by Crippen LogP contribution is -2.44. The van der Waals surface area contributed by atoms with Crippen LogP contribution in [0.25, 0.3) is 0 Å². The number of ether oxygens (including phenoxy) is 1. The van der Waals surface area contributed by atoms with Gasteiger partial charge in [0.2, 0.25) is 5.91 Å². The number of carbonyl (C=O) groups is 1. The van der Waals surface area contributed by atoms with E-state index < -0.39 is 0 Å². The first-order chi connectivity index (χ1) is 14.1. The molecule has 0 aliphatic carbocycles. The maximum Gasteiger partial charge on any atom is 0.229 e. The van der Waals surface area contributed by atoms with Crippen LogP contribution in [0.5, 0.6) is 0 Å². The molecule has 0 aromatic heterocycles. The van der Waals surface area contributed by atoms with E-state index in [2.05, 4.69) is 31.5 Å². The van der Waals surface area contributed by atoms with Gasteiger partial charge in [-0.2, -0.15) is 0 Å². The van der Waals surface area contributed by atoms with Gasteiger partial charge in [0.15, 0.2) is 0 Å². The van der Waals surface area contributed by atoms with E-state index in [4.69, 9.17) is 9.57 Å². The van der Waals surface area contributed by atoms with E-state index in [1.807, 2.05) is 53.4 Å². The molecular formula is C24H32N2O3. The van der Waals surface area contributed by atoms with Crippen molar-refractivity contribution < 1.29 is 14.4 Å². The quantitative estimate of drug-likeness (QED) is 0.490. The predicted octanol–water partition coefficient (Wildman–Crippen LogP) is 3.80. The number of rotatable bonds is 10. The Bertz CT molecular complexity index is 736. The highest BCUT2D eigenvalue weighted by Gasteiger charge is 2.34. The van der Waals surface area contributed by atoms with Gasteiger partial charge < -0.3 is 9.64 Å². The number of hydrogen-bond acceptors (Lipinski definition) is 4. The summed E-state index contributed by atoms with van der Waals surface area (Å²) in [7, 11) is 0. The van der Waals surface area contributed by atoms with E-state index in [1.165, 1.54) is 5.56 Å². The molecule has 1 amide bonds. The molecule has 156 valence electrons. The van der Waals surface area contributed by atoms with Gasteiger partial charge in [-0.1, -0.05) is 74.5 Å². The van der Waals surface area contributed by atoms with Crippen molar-refractivity contribution in [2.45, 2.75) is 39.3 Å². The van der Waals surface area contributed by atoms with E-state index >= 15 is 0 Å². The maximum atomic E-state index is 13.3. The van der Waals surface area contributed by atoms with Gasteiger partial charge in [-0.15, -0.1) is 0 Å². The SMILES string of the molecule is CC(C)CC(CNOCc1ccccc1)C(=O)N1COCC1Cc1ccccc1. The summed E-state index contributed by atoms with van der Waals surface area (Å²) in [4.78, 5) is 20.8. The first-order valence-corrected chi connectivity index (χ1v) is 10.4. The van der Waals surface area contributed by atoms with E-state index in [0.29, 0.717) is 32.4 Å². The molecule has 1 saturated heterocycles. The van der Waals surface area contributed by atoms with Crippen LogP contribution in [-0.4, -0.2) is 36.7 Å². The number of hydrogen-bond donors (Lipinski definition) is 1. The van der Waals surface area contributed by atoms with E-state index in [0.717, 1.165) is 18.4 Å². The van der Waals surface area contributed by atoms with Crippen molar-refractivity contribution >= 4 is 5.91 Å². The van der Waals surface area contributed by atoms with Gasteiger partial charge in [0.1, 0.15) is 6.73 Å². The van der Waals surface area contributed by atoms with Crippen LogP contribution in [0.2, 0.25) is 0 Å². The number of nitrogens with zero attached hydrogens (tertiary/aromatic N) is 1. The smallest absolute Gasteiger partial charge is 0.229 e. The molecule has 2 unspecified atom stereocenters. The lowest BCUT2D eigenvalue weighted by molar-refractivity contribution is -0.139. The number of benzene rings is 2. The highest BCUT2D eigenvalue weighted by atomic mass is 16.6. The molecule has 3 rings (SSSR count). The van der Waals surface area contributed by atoms with Crippen LogP contribution in [0.4, 0.5) is 0 Å². The second kappa shape index (κ2) is 11.1. The van der Waals surface area contributed by atoms with Crippen molar-refractivity contribution in [2.75, 3.05) is 19.9 Å². The average molecular weight is 397 g/mol. The molecule has 2 aromatic carbocycles. The van der Waals surface area contributed by atoms with Crippen LogP contribution in [0, 0.1) is 11.8 Å². The number of amides is 1. The van der Waals surface area contributed by atoms with Crippen molar-refractivity contribution in [3.05, 3.63) is 71.8 Å². The van der Waals surface area contributed by atoms with Crippen molar-refractivity contribution in [1.82, 2.24) is 10.4 Å². The fourth-order valence-corrected chi connectivity index (χ4v) is 3.72. The zero-order chi connectivity index (χ0) is 20.5. The summed E-state index contributed by atoms with van der Waals surface area (Å²) in [5, 5.41) is 0. The Morgan fingerprint density at radius 3 is 2.41 bits per heavy atom. The minimum Gasteiger partial charge on any atom is -0.359 e. The van der Waals surface area contributed by atoms with E-state index in [9.17, 15) is 4.79 Å². The van der Waals surface area contributed by atoms with Crippen LogP contribution in [0.15, 0.2) is 60.7 Å². The third-order valence-corrected chi connectivity index (χ3v) is 5.20. The van der Waals surface area contributed by atoms with Gasteiger partial charge in [-0.05, 0) is 29.9 Å². The number of hydroxylamine groups is 1. The molecule has 5 heteroatoms. The second-order valence-corrected chi connectivity index (χ2v) is 8.10. The third kappa shape index (κ3) is 6.67. The Labute approximate surface area is 174 Å². The minimum atomic E-state index is -0.134. The van der Waals surface area contributed by atoms with Gasteiger partial charge in [0.25, 0.3) is 0 Å². The summed E-state index contributed by atoms with van der Waals surface area (Å²) < 4.78 is 5.66. The first kappa shape index (κ1) is 21.5. The average Bonchev–Trinajstić information content (AvgIpc) is 3.19. The summed E-state index contributed by atoms with van der Waals surface area (Å²) in [6.07, 6.45) is 1.63. The summed E-state index contributed by atoms with van der Waals surface area (Å²) in [6.45, 7) is 6.23. The van der Waals surface area contributed by atoms with Gasteiger partial charge >= 0.3 is 0 Å². The number of nitrogens with one attached hydrogen (secondary N) is 1. The molecule has 5 nitrogen and oxygen atoms in total.